The summed E-state index contributed by atoms with van der Waals surface area (Å²) in [6.45, 7) is 3.56. The number of β-lactam (4-membered cyclic amide) rings is 1. The molecule has 2 N–H and O–H groups in total. The minimum Gasteiger partial charge on any atom is -0.479 e. The lowest BCUT2D eigenvalue weighted by Crippen LogP contribution is -2.74. The first kappa shape index (κ1) is 18.7. The molecule has 2 aliphatic rings. The molecule has 0 aliphatic carbocycles. The van der Waals surface area contributed by atoms with E-state index in [2.05, 4.69) is 11.9 Å². The van der Waals surface area contributed by atoms with Crippen molar-refractivity contribution in [1.29, 1.82) is 0 Å². The molecule has 2 aliphatic heterocycles. The van der Waals surface area contributed by atoms with E-state index in [1.165, 1.54) is 40.9 Å². The molecule has 0 aromatic heterocycles. The molecule has 3 rings (SSSR count). The number of nitrogens with zero attached hydrogens (tertiary/aromatic N) is 2. The Hall–Kier alpha value is -3.08. The number of alkyl carbamates (subject to hydrolysis) is 1. The summed E-state index contributed by atoms with van der Waals surface area (Å²) >= 11 is 1.32. The maximum Gasteiger partial charge on any atom is 0.408 e. The molecule has 0 saturated carbocycles. The van der Waals surface area contributed by atoms with Crippen LogP contribution < -0.4 is 5.32 Å². The number of ether oxygens (including phenoxy) is 1. The molecular formula is C16H15N3O7S. The number of carbonyl (C=O) groups is 3. The molecular weight excluding hydrogens is 378 g/mol. The molecule has 142 valence electrons. The summed E-state index contributed by atoms with van der Waals surface area (Å²) in [5.41, 5.74) is 0.898. The van der Waals surface area contributed by atoms with Gasteiger partial charge in [-0.3, -0.25) is 14.9 Å². The van der Waals surface area contributed by atoms with Crippen molar-refractivity contribution in [2.24, 2.45) is 0 Å². The summed E-state index contributed by atoms with van der Waals surface area (Å²) in [7, 11) is 0. The predicted octanol–water partition coefficient (Wildman–Crippen LogP) is 1.11. The molecule has 0 radical (unpaired) electrons. The Bertz CT molecular complexity index is 826. The predicted molar refractivity (Wildman–Crippen MR) is 93.9 cm³/mol. The maximum atomic E-state index is 12.2. The second-order valence-corrected chi connectivity index (χ2v) is 7.07. The first-order valence-corrected chi connectivity index (χ1v) is 8.85. The third kappa shape index (κ3) is 3.58. The number of nitro benzene ring substituents is 1. The Balaban J connectivity index is 1.54. The highest BCUT2D eigenvalue weighted by Crippen LogP contribution is 2.39. The molecule has 0 bridgehead atoms. The lowest BCUT2D eigenvalue weighted by Gasteiger charge is -2.52. The minimum atomic E-state index is -1.15. The molecule has 2 unspecified atom stereocenters. The fourth-order valence-corrected chi connectivity index (χ4v) is 4.17. The van der Waals surface area contributed by atoms with Gasteiger partial charge in [0.1, 0.15) is 18.0 Å². The molecule has 2 saturated heterocycles. The van der Waals surface area contributed by atoms with Gasteiger partial charge < -0.3 is 20.1 Å². The van der Waals surface area contributed by atoms with Gasteiger partial charge in [0.15, 0.2) is 6.04 Å². The average molecular weight is 393 g/mol. The number of nitro groups is 1. The fourth-order valence-electron chi connectivity index (χ4n) is 2.86. The quantitative estimate of drug-likeness (QED) is 0.328. The fraction of sp³-hybridized carbons (Fsp3) is 0.312. The lowest BCUT2D eigenvalue weighted by molar-refractivity contribution is -0.384. The first-order valence-electron chi connectivity index (χ1n) is 7.80. The summed E-state index contributed by atoms with van der Waals surface area (Å²) in [4.78, 5) is 46.8. The monoisotopic (exact) mass is 393 g/mol. The number of carboxylic acids is 1. The second-order valence-electron chi connectivity index (χ2n) is 5.97. The molecule has 27 heavy (non-hydrogen) atoms. The highest BCUT2D eigenvalue weighted by Gasteiger charge is 2.56. The van der Waals surface area contributed by atoms with Gasteiger partial charge in [-0.2, -0.15) is 0 Å². The van der Waals surface area contributed by atoms with Gasteiger partial charge in [0.25, 0.3) is 5.69 Å². The SMILES string of the molecule is C=C1CS[C@@H]2C(NC(=O)OCc3ccc([N+](=O)[O-])cc3)C(=O)N2C1C(=O)O. The van der Waals surface area contributed by atoms with Crippen molar-refractivity contribution < 1.29 is 29.2 Å². The number of rotatable bonds is 5. The van der Waals surface area contributed by atoms with Gasteiger partial charge in [-0.25, -0.2) is 9.59 Å². The van der Waals surface area contributed by atoms with Crippen molar-refractivity contribution in [3.63, 3.8) is 0 Å². The minimum absolute atomic E-state index is 0.0766. The molecule has 10 nitrogen and oxygen atoms in total. The Morgan fingerprint density at radius 2 is 2.07 bits per heavy atom. The van der Waals surface area contributed by atoms with Crippen LogP contribution in [0.2, 0.25) is 0 Å². The van der Waals surface area contributed by atoms with Crippen LogP contribution in [0.1, 0.15) is 5.56 Å². The number of non-ortho nitro benzene ring substituents is 1. The van der Waals surface area contributed by atoms with E-state index in [0.29, 0.717) is 16.9 Å². The van der Waals surface area contributed by atoms with Crippen LogP contribution in [0.25, 0.3) is 0 Å². The topological polar surface area (TPSA) is 139 Å². The molecule has 2 fully saturated rings. The summed E-state index contributed by atoms with van der Waals surface area (Å²) in [6, 6.07) is 3.55. The smallest absolute Gasteiger partial charge is 0.408 e. The number of hydrogen-bond donors (Lipinski definition) is 2. The van der Waals surface area contributed by atoms with E-state index in [4.69, 9.17) is 4.74 Å². The molecule has 3 atom stereocenters. The number of fused-ring (bicyclic) bond motifs is 1. The Morgan fingerprint density at radius 3 is 2.67 bits per heavy atom. The number of amides is 2. The van der Waals surface area contributed by atoms with Crippen LogP contribution in [0.5, 0.6) is 0 Å². The number of benzene rings is 1. The molecule has 11 heteroatoms. The van der Waals surface area contributed by atoms with Crippen molar-refractivity contribution in [3.05, 3.63) is 52.1 Å². The molecule has 1 aromatic rings. The number of thioether (sulfide) groups is 1. The maximum absolute atomic E-state index is 12.2. The van der Waals surface area contributed by atoms with Crippen LogP contribution in [-0.4, -0.2) is 56.1 Å². The zero-order chi connectivity index (χ0) is 19.7. The normalized spacial score (nSPS) is 23.9. The van der Waals surface area contributed by atoms with Gasteiger partial charge >= 0.3 is 12.1 Å². The number of hydrogen-bond acceptors (Lipinski definition) is 7. The molecule has 2 heterocycles. The summed E-state index contributed by atoms with van der Waals surface area (Å²) in [5.74, 6) is -1.28. The van der Waals surface area contributed by atoms with Gasteiger partial charge in [-0.1, -0.05) is 6.58 Å². The van der Waals surface area contributed by atoms with Crippen LogP contribution in [0.15, 0.2) is 36.4 Å². The van der Waals surface area contributed by atoms with Gasteiger partial charge in [0.05, 0.1) is 4.92 Å². The van der Waals surface area contributed by atoms with Crippen LogP contribution >= 0.6 is 11.8 Å². The standard InChI is InChI=1S/C16H15N3O7S/c1-8-7-27-14-11(13(20)18(14)12(8)15(21)22)17-16(23)26-6-9-2-4-10(5-3-9)19(24)25/h2-5,11-12,14H,1,6-7H2,(H,17,23)(H,21,22)/t11?,12?,14-/m1/s1. The van der Waals surface area contributed by atoms with Crippen LogP contribution in [0.3, 0.4) is 0 Å². The second kappa shape index (κ2) is 7.27. The van der Waals surface area contributed by atoms with E-state index in [-0.39, 0.29) is 12.3 Å². The molecule has 0 spiro atoms. The van der Waals surface area contributed by atoms with Crippen molar-refractivity contribution in [2.75, 3.05) is 5.75 Å². The highest BCUT2D eigenvalue weighted by atomic mass is 32.2. The van der Waals surface area contributed by atoms with Gasteiger partial charge in [-0.15, -0.1) is 11.8 Å². The first-order chi connectivity index (χ1) is 12.8. The Labute approximate surface area is 157 Å². The van der Waals surface area contributed by atoms with E-state index in [1.807, 2.05) is 0 Å². The Kier molecular flexibility index (Phi) is 5.04. The summed E-state index contributed by atoms with van der Waals surface area (Å²) in [5, 5.41) is 21.8. The van der Waals surface area contributed by atoms with Crippen molar-refractivity contribution >= 4 is 35.4 Å². The summed E-state index contributed by atoms with van der Waals surface area (Å²) in [6.07, 6.45) is -0.830. The van der Waals surface area contributed by atoms with Crippen molar-refractivity contribution in [3.8, 4) is 0 Å². The zero-order valence-corrected chi connectivity index (χ0v) is 14.7. The van der Waals surface area contributed by atoms with Crippen LogP contribution in [0.4, 0.5) is 10.5 Å². The number of carboxylic acid groups (broad SMARTS) is 1. The third-order valence-electron chi connectivity index (χ3n) is 4.21. The van der Waals surface area contributed by atoms with Gasteiger partial charge in [-0.05, 0) is 23.3 Å². The number of carbonyl (C=O) groups excluding carboxylic acids is 2. The van der Waals surface area contributed by atoms with Crippen molar-refractivity contribution in [2.45, 2.75) is 24.1 Å². The summed E-state index contributed by atoms with van der Waals surface area (Å²) < 4.78 is 5.02. The number of aliphatic carboxylic acids is 1. The van der Waals surface area contributed by atoms with E-state index >= 15 is 0 Å². The van der Waals surface area contributed by atoms with Gasteiger partial charge in [0, 0.05) is 17.9 Å². The van der Waals surface area contributed by atoms with E-state index in [0.717, 1.165) is 0 Å². The van der Waals surface area contributed by atoms with Crippen LogP contribution in [-0.2, 0) is 20.9 Å². The van der Waals surface area contributed by atoms with Crippen molar-refractivity contribution in [1.82, 2.24) is 10.2 Å². The van der Waals surface area contributed by atoms with E-state index in [1.54, 1.807) is 0 Å². The largest absolute Gasteiger partial charge is 0.479 e. The highest BCUT2D eigenvalue weighted by molar-refractivity contribution is 8.00. The molecule has 2 amide bonds. The molecule has 1 aromatic carbocycles. The third-order valence-corrected chi connectivity index (χ3v) is 5.59. The zero-order valence-electron chi connectivity index (χ0n) is 13.9. The average Bonchev–Trinajstić information content (AvgIpc) is 2.64. The lowest BCUT2D eigenvalue weighted by atomic mass is 9.99. The van der Waals surface area contributed by atoms with Gasteiger partial charge in [0.2, 0.25) is 5.91 Å². The Morgan fingerprint density at radius 1 is 1.41 bits per heavy atom. The number of nitrogens with one attached hydrogen (secondary N) is 1. The van der Waals surface area contributed by atoms with Crippen LogP contribution in [0, 0.1) is 10.1 Å². The van der Waals surface area contributed by atoms with E-state index < -0.39 is 40.4 Å². The van der Waals surface area contributed by atoms with E-state index in [9.17, 15) is 29.6 Å².